The minimum Gasteiger partial charge on any atom is -0.507 e. The van der Waals surface area contributed by atoms with Gasteiger partial charge in [-0.15, -0.1) is 0 Å². The maximum Gasteiger partial charge on any atom is 0.126 e. The van der Waals surface area contributed by atoms with Crippen molar-refractivity contribution in [2.75, 3.05) is 7.11 Å². The van der Waals surface area contributed by atoms with E-state index in [1.54, 1.807) is 7.11 Å². The summed E-state index contributed by atoms with van der Waals surface area (Å²) in [5.74, 6) is 1.67. The summed E-state index contributed by atoms with van der Waals surface area (Å²) in [6.45, 7) is 10.6. The molecule has 0 heterocycles. The van der Waals surface area contributed by atoms with E-state index in [0.29, 0.717) is 11.7 Å². The Balaban J connectivity index is 2.47. The molecular weight excluding hydrogens is 284 g/mol. The van der Waals surface area contributed by atoms with Crippen LogP contribution >= 0.6 is 0 Å². The fourth-order valence-corrected chi connectivity index (χ4v) is 3.60. The first-order chi connectivity index (χ1) is 11.0. The van der Waals surface area contributed by atoms with E-state index < -0.39 is 0 Å². The zero-order valence-electron chi connectivity index (χ0n) is 15.0. The first-order valence-corrected chi connectivity index (χ1v) is 8.70. The van der Waals surface area contributed by atoms with Gasteiger partial charge in [0.15, 0.2) is 0 Å². The van der Waals surface area contributed by atoms with Gasteiger partial charge in [-0.3, -0.25) is 0 Å². The van der Waals surface area contributed by atoms with Crippen LogP contribution in [0.3, 0.4) is 0 Å². The topological polar surface area (TPSA) is 29.5 Å². The summed E-state index contributed by atoms with van der Waals surface area (Å²) in [6.07, 6.45) is 7.72. The third-order valence-electron chi connectivity index (χ3n) is 4.93. The van der Waals surface area contributed by atoms with Crippen molar-refractivity contribution in [1.82, 2.24) is 0 Å². The largest absolute Gasteiger partial charge is 0.507 e. The van der Waals surface area contributed by atoms with Crippen LogP contribution in [0.25, 0.3) is 0 Å². The van der Waals surface area contributed by atoms with Gasteiger partial charge in [-0.1, -0.05) is 37.1 Å². The third kappa shape index (κ3) is 3.99. The minimum atomic E-state index is 0.149. The summed E-state index contributed by atoms with van der Waals surface area (Å²) < 4.78 is 5.64. The summed E-state index contributed by atoms with van der Waals surface area (Å²) >= 11 is 0. The van der Waals surface area contributed by atoms with Gasteiger partial charge in [-0.2, -0.15) is 0 Å². The number of rotatable bonds is 6. The Labute approximate surface area is 140 Å². The van der Waals surface area contributed by atoms with Crippen LogP contribution in [-0.2, 0) is 6.42 Å². The Hall–Kier alpha value is -1.70. The highest BCUT2D eigenvalue weighted by molar-refractivity contribution is 5.52. The number of aryl methyl sites for hydroxylation is 1. The molecule has 23 heavy (non-hydrogen) atoms. The van der Waals surface area contributed by atoms with E-state index >= 15 is 0 Å². The smallest absolute Gasteiger partial charge is 0.126 e. The fourth-order valence-electron chi connectivity index (χ4n) is 3.60. The van der Waals surface area contributed by atoms with Crippen molar-refractivity contribution in [3.05, 3.63) is 47.1 Å². The molecule has 1 aliphatic rings. The SMILES string of the molecule is C=C(C)C1CCC(C)=CC1c1c(O)cc(CCCC)cc1OC. The molecule has 126 valence electrons. The number of aromatic hydroxyl groups is 1. The van der Waals surface area contributed by atoms with E-state index in [-0.39, 0.29) is 5.92 Å². The summed E-state index contributed by atoms with van der Waals surface area (Å²) in [5, 5.41) is 10.7. The zero-order chi connectivity index (χ0) is 17.0. The lowest BCUT2D eigenvalue weighted by atomic mass is 9.73. The van der Waals surface area contributed by atoms with Crippen LogP contribution in [0.1, 0.15) is 63.5 Å². The average Bonchev–Trinajstić information content (AvgIpc) is 2.51. The van der Waals surface area contributed by atoms with Gasteiger partial charge < -0.3 is 9.84 Å². The maximum absolute atomic E-state index is 10.7. The lowest BCUT2D eigenvalue weighted by molar-refractivity contribution is 0.381. The van der Waals surface area contributed by atoms with Gasteiger partial charge in [-0.25, -0.2) is 0 Å². The number of methoxy groups -OCH3 is 1. The molecule has 0 radical (unpaired) electrons. The van der Waals surface area contributed by atoms with E-state index in [4.69, 9.17) is 4.74 Å². The molecule has 0 bridgehead atoms. The first kappa shape index (κ1) is 17.7. The van der Waals surface area contributed by atoms with Gasteiger partial charge in [-0.05, 0) is 63.1 Å². The van der Waals surface area contributed by atoms with Gasteiger partial charge in [0.2, 0.25) is 0 Å². The molecule has 2 rings (SSSR count). The Bertz CT molecular complexity index is 598. The molecule has 0 saturated heterocycles. The highest BCUT2D eigenvalue weighted by Crippen LogP contribution is 2.46. The van der Waals surface area contributed by atoms with Crippen LogP contribution in [-0.4, -0.2) is 12.2 Å². The molecular formula is C21H30O2. The summed E-state index contributed by atoms with van der Waals surface area (Å²) in [4.78, 5) is 0. The van der Waals surface area contributed by atoms with Crippen LogP contribution in [0.5, 0.6) is 11.5 Å². The summed E-state index contributed by atoms with van der Waals surface area (Å²) in [6, 6.07) is 4.01. The van der Waals surface area contributed by atoms with Crippen molar-refractivity contribution < 1.29 is 9.84 Å². The molecule has 1 N–H and O–H groups in total. The third-order valence-corrected chi connectivity index (χ3v) is 4.93. The Morgan fingerprint density at radius 3 is 2.74 bits per heavy atom. The molecule has 0 saturated carbocycles. The molecule has 0 amide bonds. The zero-order valence-corrected chi connectivity index (χ0v) is 15.0. The average molecular weight is 314 g/mol. The van der Waals surface area contributed by atoms with Gasteiger partial charge in [0.1, 0.15) is 11.5 Å². The molecule has 0 aliphatic heterocycles. The number of phenols is 1. The molecule has 1 aromatic carbocycles. The lowest BCUT2D eigenvalue weighted by Crippen LogP contribution is -2.17. The maximum atomic E-state index is 10.7. The Kier molecular flexibility index (Phi) is 5.92. The van der Waals surface area contributed by atoms with E-state index in [9.17, 15) is 5.11 Å². The highest BCUT2D eigenvalue weighted by atomic mass is 16.5. The number of allylic oxidation sites excluding steroid dienone is 3. The van der Waals surface area contributed by atoms with E-state index in [2.05, 4.69) is 39.5 Å². The van der Waals surface area contributed by atoms with Crippen LogP contribution in [0.4, 0.5) is 0 Å². The molecule has 1 aromatic rings. The number of unbranched alkanes of at least 4 members (excludes halogenated alkanes) is 1. The van der Waals surface area contributed by atoms with Gasteiger partial charge in [0.25, 0.3) is 0 Å². The number of benzene rings is 1. The molecule has 2 heteroatoms. The predicted octanol–water partition coefficient (Wildman–Crippen LogP) is 5.76. The van der Waals surface area contributed by atoms with E-state index in [0.717, 1.165) is 49.0 Å². The van der Waals surface area contributed by atoms with Gasteiger partial charge >= 0.3 is 0 Å². The van der Waals surface area contributed by atoms with Crippen molar-refractivity contribution in [3.8, 4) is 11.5 Å². The van der Waals surface area contributed by atoms with Gasteiger partial charge in [0.05, 0.1) is 7.11 Å². The fraction of sp³-hybridized carbons (Fsp3) is 0.524. The summed E-state index contributed by atoms with van der Waals surface area (Å²) in [7, 11) is 1.69. The van der Waals surface area contributed by atoms with Crippen molar-refractivity contribution >= 4 is 0 Å². The van der Waals surface area contributed by atoms with Crippen molar-refractivity contribution in [1.29, 1.82) is 0 Å². The van der Waals surface area contributed by atoms with Crippen molar-refractivity contribution in [3.63, 3.8) is 0 Å². The van der Waals surface area contributed by atoms with Crippen molar-refractivity contribution in [2.45, 2.75) is 58.8 Å². The second kappa shape index (κ2) is 7.72. The lowest BCUT2D eigenvalue weighted by Gasteiger charge is -2.32. The molecule has 2 atom stereocenters. The first-order valence-electron chi connectivity index (χ1n) is 8.70. The molecule has 1 aliphatic carbocycles. The monoisotopic (exact) mass is 314 g/mol. The Morgan fingerprint density at radius 2 is 2.13 bits per heavy atom. The van der Waals surface area contributed by atoms with Crippen molar-refractivity contribution in [2.24, 2.45) is 5.92 Å². The number of hydrogen-bond acceptors (Lipinski definition) is 2. The number of hydrogen-bond donors (Lipinski definition) is 1. The molecule has 2 nitrogen and oxygen atoms in total. The second-order valence-corrected chi connectivity index (χ2v) is 6.86. The van der Waals surface area contributed by atoms with Crippen LogP contribution in [0.2, 0.25) is 0 Å². The normalized spacial score (nSPS) is 21.0. The van der Waals surface area contributed by atoms with Crippen LogP contribution in [0.15, 0.2) is 35.9 Å². The predicted molar refractivity (Wildman–Crippen MR) is 97.3 cm³/mol. The Morgan fingerprint density at radius 1 is 1.39 bits per heavy atom. The van der Waals surface area contributed by atoms with Crippen LogP contribution < -0.4 is 4.74 Å². The quantitative estimate of drug-likeness (QED) is 0.676. The van der Waals surface area contributed by atoms with Crippen LogP contribution in [0, 0.1) is 5.92 Å². The summed E-state index contributed by atoms with van der Waals surface area (Å²) in [5.41, 5.74) is 4.62. The van der Waals surface area contributed by atoms with E-state index in [1.807, 2.05) is 6.07 Å². The highest BCUT2D eigenvalue weighted by Gasteiger charge is 2.30. The van der Waals surface area contributed by atoms with Gasteiger partial charge in [0, 0.05) is 11.5 Å². The molecule has 2 unspecified atom stereocenters. The molecule has 0 fully saturated rings. The molecule has 0 aromatic heterocycles. The second-order valence-electron chi connectivity index (χ2n) is 6.86. The van der Waals surface area contributed by atoms with E-state index in [1.165, 1.54) is 11.1 Å². The number of ether oxygens (including phenoxy) is 1. The molecule has 0 spiro atoms. The number of phenolic OH excluding ortho intramolecular Hbond substituents is 1. The standard InChI is InChI=1S/C21H30O2/c1-6-7-8-16-12-19(22)21(20(13-16)23-5)18-11-15(4)9-10-17(18)14(2)3/h11-13,17-18,22H,2,6-10H2,1,3-5H3. The minimum absolute atomic E-state index is 0.149.